The van der Waals surface area contributed by atoms with Gasteiger partial charge >= 0.3 is 0 Å². The molecule has 0 radical (unpaired) electrons. The van der Waals surface area contributed by atoms with Crippen LogP contribution in [0.2, 0.25) is 0 Å². The summed E-state index contributed by atoms with van der Waals surface area (Å²) in [6, 6.07) is 17.2. The summed E-state index contributed by atoms with van der Waals surface area (Å²) in [5, 5.41) is 14.5. The van der Waals surface area contributed by atoms with Crippen LogP contribution in [-0.4, -0.2) is 4.92 Å². The zero-order valence-electron chi connectivity index (χ0n) is 11.1. The average Bonchev–Trinajstić information content (AvgIpc) is 3.27. The van der Waals surface area contributed by atoms with E-state index in [4.69, 9.17) is 0 Å². The van der Waals surface area contributed by atoms with Crippen LogP contribution < -0.4 is 5.32 Å². The monoisotopic (exact) mass is 268 g/mol. The Kier molecular flexibility index (Phi) is 3.24. The lowest BCUT2D eigenvalue weighted by molar-refractivity contribution is -0.385. The van der Waals surface area contributed by atoms with Crippen molar-refractivity contribution in [2.75, 3.05) is 0 Å². The number of nitrogens with one attached hydrogen (secondary N) is 1. The Hall–Kier alpha value is -2.20. The van der Waals surface area contributed by atoms with Gasteiger partial charge in [0.1, 0.15) is 0 Å². The molecule has 0 bridgehead atoms. The first-order chi connectivity index (χ1) is 9.71. The van der Waals surface area contributed by atoms with E-state index in [2.05, 4.69) is 17.4 Å². The van der Waals surface area contributed by atoms with E-state index in [-0.39, 0.29) is 16.1 Å². The molecule has 102 valence electrons. The maximum absolute atomic E-state index is 11.0. The Morgan fingerprint density at radius 1 is 1.05 bits per heavy atom. The number of hydrogen-bond acceptors (Lipinski definition) is 3. The number of nitrogens with zero attached hydrogens (tertiary/aromatic N) is 1. The van der Waals surface area contributed by atoms with E-state index in [1.165, 1.54) is 5.56 Å². The molecule has 1 saturated carbocycles. The van der Waals surface area contributed by atoms with Crippen LogP contribution >= 0.6 is 0 Å². The molecule has 4 heteroatoms. The smallest absolute Gasteiger partial charge is 0.273 e. The summed E-state index contributed by atoms with van der Waals surface area (Å²) in [5.41, 5.74) is 2.19. The maximum Gasteiger partial charge on any atom is 0.273 e. The summed E-state index contributed by atoms with van der Waals surface area (Å²) in [6.45, 7) is 0.520. The minimum atomic E-state index is -0.320. The first-order valence-corrected chi connectivity index (χ1v) is 6.74. The molecule has 0 aromatic heterocycles. The minimum absolute atomic E-state index is 0.00493. The molecule has 1 aliphatic carbocycles. The fourth-order valence-corrected chi connectivity index (χ4v) is 2.55. The van der Waals surface area contributed by atoms with Gasteiger partial charge in [-0.15, -0.1) is 0 Å². The van der Waals surface area contributed by atoms with Gasteiger partial charge in [0.05, 0.1) is 4.92 Å². The molecule has 0 unspecified atom stereocenters. The van der Waals surface area contributed by atoms with Crippen molar-refractivity contribution in [3.05, 3.63) is 75.8 Å². The standard InChI is InChI=1S/C16H16N2O2/c19-18(20)15-9-5-4-6-13(15)12-17-16(10-11-16)14-7-2-1-3-8-14/h1-9,17H,10-12H2. The summed E-state index contributed by atoms with van der Waals surface area (Å²) < 4.78 is 0. The lowest BCUT2D eigenvalue weighted by Crippen LogP contribution is -2.28. The van der Waals surface area contributed by atoms with Crippen LogP contribution in [0.5, 0.6) is 0 Å². The van der Waals surface area contributed by atoms with Gasteiger partial charge in [0.25, 0.3) is 5.69 Å². The van der Waals surface area contributed by atoms with Crippen LogP contribution in [-0.2, 0) is 12.1 Å². The highest BCUT2D eigenvalue weighted by molar-refractivity contribution is 5.40. The summed E-state index contributed by atoms with van der Waals surface area (Å²) >= 11 is 0. The highest BCUT2D eigenvalue weighted by Gasteiger charge is 2.43. The molecule has 0 atom stereocenters. The van der Waals surface area contributed by atoms with Gasteiger partial charge in [-0.25, -0.2) is 0 Å². The maximum atomic E-state index is 11.0. The number of nitro benzene ring substituents is 1. The van der Waals surface area contributed by atoms with Crippen molar-refractivity contribution in [3.8, 4) is 0 Å². The predicted molar refractivity (Wildman–Crippen MR) is 77.3 cm³/mol. The third-order valence-electron chi connectivity index (χ3n) is 3.88. The lowest BCUT2D eigenvalue weighted by atomic mass is 10.0. The Labute approximate surface area is 117 Å². The third kappa shape index (κ3) is 2.42. The van der Waals surface area contributed by atoms with Crippen LogP contribution in [0.3, 0.4) is 0 Å². The second-order valence-corrected chi connectivity index (χ2v) is 5.19. The molecule has 0 aliphatic heterocycles. The van der Waals surface area contributed by atoms with E-state index in [9.17, 15) is 10.1 Å². The fraction of sp³-hybridized carbons (Fsp3) is 0.250. The van der Waals surface area contributed by atoms with Crippen molar-refractivity contribution >= 4 is 5.69 Å². The van der Waals surface area contributed by atoms with Gasteiger partial charge < -0.3 is 5.32 Å². The molecule has 0 saturated heterocycles. The highest BCUT2D eigenvalue weighted by Crippen LogP contribution is 2.45. The zero-order valence-corrected chi connectivity index (χ0v) is 11.1. The van der Waals surface area contributed by atoms with E-state index in [0.29, 0.717) is 6.54 Å². The van der Waals surface area contributed by atoms with Crippen LogP contribution in [0.25, 0.3) is 0 Å². The number of nitro groups is 1. The van der Waals surface area contributed by atoms with Crippen molar-refractivity contribution in [2.24, 2.45) is 0 Å². The Morgan fingerprint density at radius 2 is 1.70 bits per heavy atom. The van der Waals surface area contributed by atoms with Crippen LogP contribution in [0.4, 0.5) is 5.69 Å². The molecule has 0 heterocycles. The summed E-state index contributed by atoms with van der Waals surface area (Å²) in [4.78, 5) is 10.7. The number of benzene rings is 2. The van der Waals surface area contributed by atoms with Gasteiger partial charge in [-0.3, -0.25) is 10.1 Å². The molecule has 0 amide bonds. The molecule has 2 aromatic carbocycles. The molecule has 2 aromatic rings. The van der Waals surface area contributed by atoms with Crippen LogP contribution in [0.15, 0.2) is 54.6 Å². The average molecular weight is 268 g/mol. The highest BCUT2D eigenvalue weighted by atomic mass is 16.6. The second-order valence-electron chi connectivity index (χ2n) is 5.19. The van der Waals surface area contributed by atoms with Gasteiger partial charge in [0.15, 0.2) is 0 Å². The van der Waals surface area contributed by atoms with E-state index in [1.54, 1.807) is 12.1 Å². The van der Waals surface area contributed by atoms with E-state index in [0.717, 1.165) is 18.4 Å². The fourth-order valence-electron chi connectivity index (χ4n) is 2.55. The molecule has 1 N–H and O–H groups in total. The summed E-state index contributed by atoms with van der Waals surface area (Å²) in [7, 11) is 0. The zero-order chi connectivity index (χ0) is 14.0. The number of rotatable bonds is 5. The van der Waals surface area contributed by atoms with Crippen LogP contribution in [0.1, 0.15) is 24.0 Å². The van der Waals surface area contributed by atoms with Gasteiger partial charge in [-0.1, -0.05) is 48.5 Å². The minimum Gasteiger partial charge on any atom is -0.303 e. The molecule has 20 heavy (non-hydrogen) atoms. The Balaban J connectivity index is 1.76. The van der Waals surface area contributed by atoms with Gasteiger partial charge in [-0.2, -0.15) is 0 Å². The van der Waals surface area contributed by atoms with Crippen molar-refractivity contribution in [2.45, 2.75) is 24.9 Å². The lowest BCUT2D eigenvalue weighted by Gasteiger charge is -2.18. The van der Waals surface area contributed by atoms with E-state index < -0.39 is 0 Å². The summed E-state index contributed by atoms with van der Waals surface area (Å²) in [5.74, 6) is 0. The quantitative estimate of drug-likeness (QED) is 0.668. The van der Waals surface area contributed by atoms with Crippen molar-refractivity contribution < 1.29 is 4.92 Å². The number of para-hydroxylation sites is 1. The van der Waals surface area contributed by atoms with Crippen molar-refractivity contribution in [1.29, 1.82) is 0 Å². The van der Waals surface area contributed by atoms with Crippen molar-refractivity contribution in [1.82, 2.24) is 5.32 Å². The molecular weight excluding hydrogens is 252 g/mol. The number of hydrogen-bond donors (Lipinski definition) is 1. The molecule has 1 fully saturated rings. The SMILES string of the molecule is O=[N+]([O-])c1ccccc1CNC1(c2ccccc2)CC1. The third-order valence-corrected chi connectivity index (χ3v) is 3.88. The van der Waals surface area contributed by atoms with Gasteiger partial charge in [-0.05, 0) is 18.4 Å². The molecule has 0 spiro atoms. The first-order valence-electron chi connectivity index (χ1n) is 6.74. The van der Waals surface area contributed by atoms with E-state index >= 15 is 0 Å². The molecule has 4 nitrogen and oxygen atoms in total. The Bertz CT molecular complexity index is 621. The molecular formula is C16H16N2O2. The van der Waals surface area contributed by atoms with Crippen molar-refractivity contribution in [3.63, 3.8) is 0 Å². The Morgan fingerprint density at radius 3 is 2.35 bits per heavy atom. The summed E-state index contributed by atoms with van der Waals surface area (Å²) in [6.07, 6.45) is 2.16. The first kappa shape index (κ1) is 12.8. The van der Waals surface area contributed by atoms with Gasteiger partial charge in [0, 0.05) is 23.7 Å². The molecule has 3 rings (SSSR count). The van der Waals surface area contributed by atoms with Crippen LogP contribution in [0, 0.1) is 10.1 Å². The van der Waals surface area contributed by atoms with Gasteiger partial charge in [0.2, 0.25) is 0 Å². The van der Waals surface area contributed by atoms with E-state index in [1.807, 2.05) is 30.3 Å². The molecule has 1 aliphatic rings. The topological polar surface area (TPSA) is 55.2 Å². The largest absolute Gasteiger partial charge is 0.303 e. The predicted octanol–water partition coefficient (Wildman–Crippen LogP) is 3.37. The second kappa shape index (κ2) is 5.06. The normalized spacial score (nSPS) is 15.8.